The Morgan fingerprint density at radius 2 is 0.546 bits per heavy atom. The van der Waals surface area contributed by atoms with E-state index in [-0.39, 0.29) is 158 Å². The van der Waals surface area contributed by atoms with E-state index >= 15 is 0 Å². The Bertz CT molecular complexity index is 3620. The van der Waals surface area contributed by atoms with Crippen molar-refractivity contribution in [1.29, 1.82) is 0 Å². The van der Waals surface area contributed by atoms with Crippen molar-refractivity contribution in [3.8, 4) is 11.5 Å². The van der Waals surface area contributed by atoms with Crippen molar-refractivity contribution in [2.45, 2.75) is 255 Å². The molecule has 658 valence electrons. The van der Waals surface area contributed by atoms with E-state index in [1.165, 1.54) is 0 Å². The lowest BCUT2D eigenvalue weighted by Gasteiger charge is -2.12. The summed E-state index contributed by atoms with van der Waals surface area (Å²) < 4.78 is 19.1. The molecule has 2 aromatic rings. The summed E-state index contributed by atoms with van der Waals surface area (Å²) in [5.41, 5.74) is 2.28. The van der Waals surface area contributed by atoms with Crippen molar-refractivity contribution in [3.63, 3.8) is 0 Å². The van der Waals surface area contributed by atoms with Crippen molar-refractivity contribution in [2.24, 2.45) is 0 Å². The Morgan fingerprint density at radius 1 is 0.286 bits per heavy atom. The van der Waals surface area contributed by atoms with Gasteiger partial charge in [0.05, 0.1) is 19.6 Å². The molecule has 5 fully saturated rings. The van der Waals surface area contributed by atoms with E-state index in [9.17, 15) is 105 Å². The number of amides is 14. The van der Waals surface area contributed by atoms with E-state index in [4.69, 9.17) is 9.47 Å². The molecule has 5 aliphatic heterocycles. The number of ether oxygens (including phenoxy) is 4. The molecule has 0 radical (unpaired) electrons. The number of unbranched alkanes of at least 4 members (excludes halogenated alkanes) is 3. The van der Waals surface area contributed by atoms with Gasteiger partial charge in [0.15, 0.2) is 0 Å². The highest BCUT2D eigenvalue weighted by molar-refractivity contribution is 6.04. The first-order chi connectivity index (χ1) is 56.6. The third-order valence-corrected chi connectivity index (χ3v) is 15.7. The molecular weight excluding hydrogens is 1570 g/mol. The SMILES string of the molecule is CCC(=O)Oc1ccc(C)cc1.CCCCNC(=O)CCC(=O)ON1C(=O)CCC1=O.CCCCNC(=O)CCCC(=O)ON1C(=O)CCC1=O.CCNC(=O)CCCC(=O)ON1C(=O)CCC1=O.CCNC(=O)CCCCC(=O)ON1C(=O)CCC1=O.CCOC(=O)CCCC(=O)ON1C(=O)CCC1=O.CCOC(=O)Oc1ccc(C)cc1. The van der Waals surface area contributed by atoms with E-state index in [0.29, 0.717) is 115 Å². The van der Waals surface area contributed by atoms with Crippen LogP contribution in [0.4, 0.5) is 4.79 Å². The van der Waals surface area contributed by atoms with Crippen molar-refractivity contribution < 1.29 is 149 Å². The Hall–Kier alpha value is -12.4. The lowest BCUT2D eigenvalue weighted by Crippen LogP contribution is -2.32. The summed E-state index contributed by atoms with van der Waals surface area (Å²) in [4.78, 5) is 269. The molecule has 0 spiro atoms. The van der Waals surface area contributed by atoms with Crippen molar-refractivity contribution >= 4 is 131 Å². The van der Waals surface area contributed by atoms with Crippen molar-refractivity contribution in [1.82, 2.24) is 46.6 Å². The smallest absolute Gasteiger partial charge is 0.466 e. The lowest BCUT2D eigenvalue weighted by atomic mass is 10.2. The number of carbonyl (C=O) groups is 22. The molecule has 2 aromatic carbocycles. The van der Waals surface area contributed by atoms with Crippen molar-refractivity contribution in [3.05, 3.63) is 59.7 Å². The fourth-order valence-corrected chi connectivity index (χ4v) is 9.41. The second kappa shape index (κ2) is 61.0. The summed E-state index contributed by atoms with van der Waals surface area (Å²) in [6.45, 7) is 19.8. The molecule has 5 aliphatic rings. The highest BCUT2D eigenvalue weighted by Crippen LogP contribution is 2.20. The van der Waals surface area contributed by atoms with E-state index in [0.717, 1.165) is 36.8 Å². The van der Waals surface area contributed by atoms with Gasteiger partial charge in [-0.3, -0.25) is 76.7 Å². The number of nitrogens with zero attached hydrogens (tertiary/aromatic N) is 5. The quantitative estimate of drug-likeness (QED) is 0.0187. The van der Waals surface area contributed by atoms with Gasteiger partial charge in [-0.25, -0.2) is 28.8 Å². The van der Waals surface area contributed by atoms with Gasteiger partial charge < -0.3 is 64.4 Å². The average Bonchev–Trinajstić information content (AvgIpc) is 1.77. The number of nitrogens with one attached hydrogen (secondary N) is 4. The van der Waals surface area contributed by atoms with Gasteiger partial charge in [0.2, 0.25) is 23.6 Å². The van der Waals surface area contributed by atoms with Gasteiger partial charge in [0.25, 0.3) is 59.1 Å². The number of hydrogen-bond acceptors (Lipinski definition) is 31. The van der Waals surface area contributed by atoms with Crippen LogP contribution in [-0.2, 0) is 134 Å². The maximum atomic E-state index is 11.4. The minimum atomic E-state index is -0.755. The summed E-state index contributed by atoms with van der Waals surface area (Å²) in [6.07, 6.45) is 6.94. The molecule has 0 aromatic heterocycles. The van der Waals surface area contributed by atoms with Crippen LogP contribution in [0, 0.1) is 13.8 Å². The molecule has 14 amide bonds. The zero-order chi connectivity index (χ0) is 89.2. The van der Waals surface area contributed by atoms with Crippen LogP contribution >= 0.6 is 0 Å². The molecule has 5 heterocycles. The number of hydroxylamine groups is 10. The minimum Gasteiger partial charge on any atom is -0.466 e. The van der Waals surface area contributed by atoms with Gasteiger partial charge in [-0.15, -0.1) is 25.3 Å². The van der Waals surface area contributed by atoms with E-state index in [2.05, 4.69) is 54.9 Å². The molecule has 5 saturated heterocycles. The average molecular weight is 1680 g/mol. The highest BCUT2D eigenvalue weighted by atomic mass is 16.8. The third-order valence-electron chi connectivity index (χ3n) is 15.7. The summed E-state index contributed by atoms with van der Waals surface area (Å²) in [7, 11) is 0. The maximum Gasteiger partial charge on any atom is 0.513 e. The van der Waals surface area contributed by atoms with Gasteiger partial charge in [-0.05, 0) is 111 Å². The predicted molar refractivity (Wildman–Crippen MR) is 411 cm³/mol. The van der Waals surface area contributed by atoms with Gasteiger partial charge in [-0.2, -0.15) is 0 Å². The molecule has 0 unspecified atom stereocenters. The maximum absolute atomic E-state index is 11.4. The monoisotopic (exact) mass is 1680 g/mol. The minimum absolute atomic E-state index is 0.00173. The van der Waals surface area contributed by atoms with Crippen molar-refractivity contribution in [2.75, 3.05) is 39.4 Å². The fraction of sp³-hybridized carbons (Fsp3) is 0.570. The largest absolute Gasteiger partial charge is 0.513 e. The summed E-state index contributed by atoms with van der Waals surface area (Å²) in [6, 6.07) is 14.6. The fourth-order valence-electron chi connectivity index (χ4n) is 9.41. The Labute approximate surface area is 688 Å². The standard InChI is InChI=1S/C13H20N2O5.2C12H18N2O5.C11H16N2O5.C11H15NO6.C10H12O3.C10H12O2/c1-2-3-9-14-10(16)5-4-6-13(19)20-15-11(17)7-8-12(15)18;1-2-13-9(15)5-3-4-6-12(18)19-14-10(16)7-8-11(14)17;1-2-3-8-13-9(15)4-7-12(18)19-14-10(16)5-6-11(14)17;1-2-12-8(14)4-3-5-11(17)18-13-9(15)6-7-10(13)16;1-2-17-10(15)4-3-5-11(16)18-12-8(13)6-7-9(12)14;1-3-12-10(11)13-9-6-4-8(2)5-7-9;1-3-10(11)12-9-6-4-8(2)5-7-9/h2-9H2,1H3,(H,14,16);2*2-8H2,1H3,(H,13,15);2-7H2,1H3,(H,12,14);2-7H2,1H3;4-7H,3H2,1-2H3;4-7H,3H2,1-2H3. The van der Waals surface area contributed by atoms with Crippen LogP contribution in [0.1, 0.15) is 252 Å². The topological polar surface area (TPSA) is 523 Å². The zero-order valence-electron chi connectivity index (χ0n) is 69.0. The van der Waals surface area contributed by atoms with E-state index < -0.39 is 101 Å². The zero-order valence-corrected chi connectivity index (χ0v) is 69.0. The summed E-state index contributed by atoms with van der Waals surface area (Å²) in [5, 5.41) is 13.2. The number of rotatable bonds is 38. The Kier molecular flexibility index (Phi) is 53.6. The first-order valence-corrected chi connectivity index (χ1v) is 39.4. The molecule has 0 atom stereocenters. The van der Waals surface area contributed by atoms with Crippen LogP contribution in [0.2, 0.25) is 0 Å². The van der Waals surface area contributed by atoms with Crippen LogP contribution in [-0.4, -0.2) is 195 Å². The molecule has 7 rings (SSSR count). The number of hydrogen-bond donors (Lipinski definition) is 4. The molecule has 0 aliphatic carbocycles. The number of aryl methyl sites for hydroxylation is 2. The number of carbonyl (C=O) groups excluding carboxylic acids is 22. The van der Waals surface area contributed by atoms with Gasteiger partial charge in [-0.1, -0.05) is 69.0 Å². The highest BCUT2D eigenvalue weighted by Gasteiger charge is 2.37. The van der Waals surface area contributed by atoms with Crippen LogP contribution in [0.25, 0.3) is 0 Å². The molecule has 40 heteroatoms. The Balaban J connectivity index is 0.000000698. The predicted octanol–water partition coefficient (Wildman–Crippen LogP) is 6.33. The van der Waals surface area contributed by atoms with Crippen LogP contribution in [0.5, 0.6) is 11.5 Å². The number of benzene rings is 2. The summed E-state index contributed by atoms with van der Waals surface area (Å²) >= 11 is 0. The molecule has 119 heavy (non-hydrogen) atoms. The second-order valence-electron chi connectivity index (χ2n) is 25.9. The van der Waals surface area contributed by atoms with Crippen LogP contribution < -0.4 is 30.7 Å². The molecular formula is C79H111N9O31. The third kappa shape index (κ3) is 47.4. The molecule has 0 saturated carbocycles. The number of esters is 2. The second-order valence-corrected chi connectivity index (χ2v) is 25.9. The Morgan fingerprint density at radius 3 is 0.849 bits per heavy atom. The first-order valence-electron chi connectivity index (χ1n) is 39.4. The van der Waals surface area contributed by atoms with Crippen LogP contribution in [0.3, 0.4) is 0 Å². The van der Waals surface area contributed by atoms with Gasteiger partial charge in [0.1, 0.15) is 11.5 Å². The first kappa shape index (κ1) is 105. The number of imide groups is 5. The lowest BCUT2D eigenvalue weighted by molar-refractivity contribution is -0.197. The van der Waals surface area contributed by atoms with Gasteiger partial charge >= 0.3 is 47.9 Å². The van der Waals surface area contributed by atoms with Crippen LogP contribution in [0.15, 0.2) is 48.5 Å². The van der Waals surface area contributed by atoms with Gasteiger partial charge in [0, 0.05) is 155 Å². The van der Waals surface area contributed by atoms with E-state index in [1.807, 2.05) is 58.9 Å². The summed E-state index contributed by atoms with van der Waals surface area (Å²) in [5.74, 6) is -8.50. The van der Waals surface area contributed by atoms with E-state index in [1.54, 1.807) is 52.0 Å². The molecule has 0 bridgehead atoms. The normalized spacial score (nSPS) is 13.6. The molecule has 40 nitrogen and oxygen atoms in total. The molecule has 4 N–H and O–H groups in total.